The van der Waals surface area contributed by atoms with E-state index in [4.69, 9.17) is 4.74 Å². The highest BCUT2D eigenvalue weighted by Crippen LogP contribution is 2.19. The third kappa shape index (κ3) is 3.69. The standard InChI is InChI=1S/C13H14INO3/c1-8(12(16)15-11-5-6-11)18-13(17)9-3-2-4-10(14)7-9/h2-4,7-8,11H,5-6H2,1H3,(H,15,16)/t8-/m1/s1. The second-order valence-electron chi connectivity index (χ2n) is 4.34. The number of amides is 1. The van der Waals surface area contributed by atoms with Crippen molar-refractivity contribution in [3.8, 4) is 0 Å². The molecule has 1 aliphatic rings. The van der Waals surface area contributed by atoms with Crippen molar-refractivity contribution in [2.24, 2.45) is 0 Å². The summed E-state index contributed by atoms with van der Waals surface area (Å²) in [7, 11) is 0. The summed E-state index contributed by atoms with van der Waals surface area (Å²) in [5, 5.41) is 2.80. The molecular formula is C13H14INO3. The van der Waals surface area contributed by atoms with Crippen molar-refractivity contribution >= 4 is 34.5 Å². The van der Waals surface area contributed by atoms with Crippen molar-refractivity contribution in [2.75, 3.05) is 0 Å². The van der Waals surface area contributed by atoms with E-state index in [0.29, 0.717) is 5.56 Å². The van der Waals surface area contributed by atoms with Crippen LogP contribution in [0.15, 0.2) is 24.3 Å². The van der Waals surface area contributed by atoms with E-state index in [1.165, 1.54) is 0 Å². The van der Waals surface area contributed by atoms with Crippen LogP contribution in [-0.4, -0.2) is 24.0 Å². The molecule has 1 saturated carbocycles. The van der Waals surface area contributed by atoms with Crippen LogP contribution >= 0.6 is 22.6 Å². The van der Waals surface area contributed by atoms with Crippen LogP contribution in [0.3, 0.4) is 0 Å². The van der Waals surface area contributed by atoms with E-state index < -0.39 is 12.1 Å². The normalized spacial score (nSPS) is 15.9. The third-order valence-corrected chi connectivity index (χ3v) is 3.31. The summed E-state index contributed by atoms with van der Waals surface area (Å²) in [6.45, 7) is 1.59. The fraction of sp³-hybridized carbons (Fsp3) is 0.385. The Kier molecular flexibility index (Phi) is 4.21. The second kappa shape index (κ2) is 5.69. The SMILES string of the molecule is C[C@@H](OC(=O)c1cccc(I)c1)C(=O)NC1CC1. The minimum atomic E-state index is -0.754. The molecule has 18 heavy (non-hydrogen) atoms. The quantitative estimate of drug-likeness (QED) is 0.662. The molecule has 1 aromatic carbocycles. The zero-order valence-electron chi connectivity index (χ0n) is 9.98. The van der Waals surface area contributed by atoms with Crippen molar-refractivity contribution in [3.05, 3.63) is 33.4 Å². The van der Waals surface area contributed by atoms with Gasteiger partial charge in [-0.1, -0.05) is 6.07 Å². The number of hydrogen-bond acceptors (Lipinski definition) is 3. The maximum atomic E-state index is 11.8. The molecule has 1 aliphatic carbocycles. The van der Waals surface area contributed by atoms with Gasteiger partial charge in [0.05, 0.1) is 5.56 Å². The van der Waals surface area contributed by atoms with Gasteiger partial charge in [-0.25, -0.2) is 4.79 Å². The molecule has 0 bridgehead atoms. The van der Waals surface area contributed by atoms with Gasteiger partial charge in [0.1, 0.15) is 0 Å². The maximum absolute atomic E-state index is 11.8. The fourth-order valence-corrected chi connectivity index (χ4v) is 1.99. The van der Waals surface area contributed by atoms with Crippen LogP contribution in [0.1, 0.15) is 30.1 Å². The molecule has 0 unspecified atom stereocenters. The van der Waals surface area contributed by atoms with Crippen molar-refractivity contribution in [3.63, 3.8) is 0 Å². The predicted molar refractivity (Wildman–Crippen MR) is 75.2 cm³/mol. The first-order valence-corrected chi connectivity index (χ1v) is 6.91. The van der Waals surface area contributed by atoms with E-state index in [0.717, 1.165) is 16.4 Å². The van der Waals surface area contributed by atoms with E-state index in [2.05, 4.69) is 27.9 Å². The average Bonchev–Trinajstić information content (AvgIpc) is 3.12. The third-order valence-electron chi connectivity index (χ3n) is 2.64. The van der Waals surface area contributed by atoms with Gasteiger partial charge >= 0.3 is 5.97 Å². The van der Waals surface area contributed by atoms with Gasteiger partial charge < -0.3 is 10.1 Å². The minimum Gasteiger partial charge on any atom is -0.449 e. The molecule has 1 fully saturated rings. The highest BCUT2D eigenvalue weighted by Gasteiger charge is 2.27. The number of nitrogens with one attached hydrogen (secondary N) is 1. The summed E-state index contributed by atoms with van der Waals surface area (Å²) < 4.78 is 6.08. The van der Waals surface area contributed by atoms with Gasteiger partial charge in [0.2, 0.25) is 0 Å². The molecule has 0 radical (unpaired) electrons. The van der Waals surface area contributed by atoms with Crippen molar-refractivity contribution in [2.45, 2.75) is 31.9 Å². The summed E-state index contributed by atoms with van der Waals surface area (Å²) in [5.74, 6) is -0.691. The molecule has 0 spiro atoms. The molecule has 1 amide bonds. The van der Waals surface area contributed by atoms with Crippen molar-refractivity contribution < 1.29 is 14.3 Å². The van der Waals surface area contributed by atoms with Crippen LogP contribution < -0.4 is 5.32 Å². The lowest BCUT2D eigenvalue weighted by atomic mass is 10.2. The molecule has 1 aromatic rings. The largest absolute Gasteiger partial charge is 0.449 e. The second-order valence-corrected chi connectivity index (χ2v) is 5.59. The molecule has 1 atom stereocenters. The Morgan fingerprint density at radius 1 is 1.44 bits per heavy atom. The van der Waals surface area contributed by atoms with Gasteiger partial charge in [0.25, 0.3) is 5.91 Å². The molecule has 0 heterocycles. The predicted octanol–water partition coefficient (Wildman–Crippen LogP) is 2.12. The molecule has 96 valence electrons. The van der Waals surface area contributed by atoms with E-state index in [9.17, 15) is 9.59 Å². The summed E-state index contributed by atoms with van der Waals surface area (Å²) in [6.07, 6.45) is 1.28. The highest BCUT2D eigenvalue weighted by atomic mass is 127. The van der Waals surface area contributed by atoms with Crippen LogP contribution in [0, 0.1) is 3.57 Å². The molecule has 2 rings (SSSR count). The lowest BCUT2D eigenvalue weighted by Gasteiger charge is -2.13. The Labute approximate surface area is 119 Å². The van der Waals surface area contributed by atoms with Gasteiger partial charge in [-0.05, 0) is 60.6 Å². The van der Waals surface area contributed by atoms with Crippen LogP contribution in [0.4, 0.5) is 0 Å². The number of halogens is 1. The first-order valence-electron chi connectivity index (χ1n) is 5.83. The lowest BCUT2D eigenvalue weighted by Crippen LogP contribution is -2.37. The molecule has 0 aromatic heterocycles. The number of carbonyl (C=O) groups is 2. The monoisotopic (exact) mass is 359 g/mol. The summed E-state index contributed by atoms with van der Waals surface area (Å²) in [6, 6.07) is 7.36. The Morgan fingerprint density at radius 2 is 2.17 bits per heavy atom. The molecule has 4 nitrogen and oxygen atoms in total. The van der Waals surface area contributed by atoms with E-state index >= 15 is 0 Å². The number of rotatable bonds is 4. The molecule has 0 aliphatic heterocycles. The number of hydrogen-bond donors (Lipinski definition) is 1. The lowest BCUT2D eigenvalue weighted by molar-refractivity contribution is -0.129. The van der Waals surface area contributed by atoms with Crippen molar-refractivity contribution in [1.82, 2.24) is 5.32 Å². The Hall–Kier alpha value is -1.11. The van der Waals surface area contributed by atoms with Gasteiger partial charge in [-0.3, -0.25) is 4.79 Å². The van der Waals surface area contributed by atoms with Gasteiger partial charge in [0, 0.05) is 9.61 Å². The smallest absolute Gasteiger partial charge is 0.338 e. The summed E-state index contributed by atoms with van der Waals surface area (Å²) in [4.78, 5) is 23.4. The average molecular weight is 359 g/mol. The molecule has 5 heteroatoms. The first-order chi connectivity index (χ1) is 8.56. The Morgan fingerprint density at radius 3 is 2.78 bits per heavy atom. The van der Waals surface area contributed by atoms with Gasteiger partial charge in [0.15, 0.2) is 6.10 Å². The van der Waals surface area contributed by atoms with E-state index in [1.807, 2.05) is 6.07 Å². The van der Waals surface area contributed by atoms with E-state index in [1.54, 1.807) is 25.1 Å². The number of ether oxygens (including phenoxy) is 1. The Balaban J connectivity index is 1.91. The molecule has 1 N–H and O–H groups in total. The molecular weight excluding hydrogens is 345 g/mol. The van der Waals surface area contributed by atoms with Crippen LogP contribution in [-0.2, 0) is 9.53 Å². The van der Waals surface area contributed by atoms with Crippen molar-refractivity contribution in [1.29, 1.82) is 0 Å². The minimum absolute atomic E-state index is 0.225. The van der Waals surface area contributed by atoms with Gasteiger partial charge in [-0.2, -0.15) is 0 Å². The molecule has 0 saturated heterocycles. The van der Waals surface area contributed by atoms with E-state index in [-0.39, 0.29) is 11.9 Å². The maximum Gasteiger partial charge on any atom is 0.338 e. The first kappa shape index (κ1) is 13.3. The fourth-order valence-electron chi connectivity index (χ4n) is 1.44. The van der Waals surface area contributed by atoms with Crippen LogP contribution in [0.2, 0.25) is 0 Å². The summed E-state index contributed by atoms with van der Waals surface area (Å²) in [5.41, 5.74) is 0.466. The summed E-state index contributed by atoms with van der Waals surface area (Å²) >= 11 is 2.12. The Bertz CT molecular complexity index is 471. The van der Waals surface area contributed by atoms with Crippen LogP contribution in [0.25, 0.3) is 0 Å². The number of esters is 1. The number of benzene rings is 1. The highest BCUT2D eigenvalue weighted by molar-refractivity contribution is 14.1. The zero-order chi connectivity index (χ0) is 13.1. The van der Waals surface area contributed by atoms with Gasteiger partial charge in [-0.15, -0.1) is 0 Å². The topological polar surface area (TPSA) is 55.4 Å². The zero-order valence-corrected chi connectivity index (χ0v) is 12.1. The van der Waals surface area contributed by atoms with Crippen LogP contribution in [0.5, 0.6) is 0 Å². The number of carbonyl (C=O) groups excluding carboxylic acids is 2.